The quantitative estimate of drug-likeness (QED) is 0.887. The van der Waals surface area contributed by atoms with Gasteiger partial charge in [-0.25, -0.2) is 0 Å². The smallest absolute Gasteiger partial charge is 0.222 e. The minimum atomic E-state index is 0.295. The van der Waals surface area contributed by atoms with Crippen molar-refractivity contribution < 1.29 is 9.90 Å². The number of nitrogens with zero attached hydrogens (tertiary/aromatic N) is 2. The van der Waals surface area contributed by atoms with Gasteiger partial charge in [0.2, 0.25) is 5.91 Å². The summed E-state index contributed by atoms with van der Waals surface area (Å²) in [6.45, 7) is 5.15. The number of anilines is 1. The van der Waals surface area contributed by atoms with Gasteiger partial charge in [-0.05, 0) is 44.0 Å². The van der Waals surface area contributed by atoms with Crippen molar-refractivity contribution in [1.82, 2.24) is 10.2 Å². The van der Waals surface area contributed by atoms with E-state index in [2.05, 4.69) is 10.2 Å². The zero-order chi connectivity index (χ0) is 15.4. The standard InChI is InChI=1S/C17H25N3O2/c21-16-4-2-1-3-15(16)19-9-11-20(12-10-19)17(22)13-14-5-7-18-8-6-14/h1-4,14,18,21H,5-13H2. The van der Waals surface area contributed by atoms with Crippen molar-refractivity contribution in [1.29, 1.82) is 0 Å². The maximum absolute atomic E-state index is 12.4. The van der Waals surface area contributed by atoms with E-state index in [0.29, 0.717) is 24.0 Å². The molecule has 0 spiro atoms. The van der Waals surface area contributed by atoms with Crippen LogP contribution in [0.15, 0.2) is 24.3 Å². The molecule has 2 fully saturated rings. The summed E-state index contributed by atoms with van der Waals surface area (Å²) in [5, 5.41) is 13.3. The van der Waals surface area contributed by atoms with Gasteiger partial charge in [-0.1, -0.05) is 12.1 Å². The Kier molecular flexibility index (Phi) is 4.83. The summed E-state index contributed by atoms with van der Waals surface area (Å²) in [5.41, 5.74) is 0.868. The highest BCUT2D eigenvalue weighted by molar-refractivity contribution is 5.77. The number of aromatic hydroxyl groups is 1. The topological polar surface area (TPSA) is 55.8 Å². The highest BCUT2D eigenvalue weighted by Gasteiger charge is 2.25. The first-order valence-corrected chi connectivity index (χ1v) is 8.25. The molecule has 2 aliphatic rings. The molecule has 2 saturated heterocycles. The fourth-order valence-electron chi connectivity index (χ4n) is 3.39. The molecule has 3 rings (SSSR count). The molecule has 0 aromatic heterocycles. The number of carbonyl (C=O) groups excluding carboxylic acids is 1. The molecule has 5 heteroatoms. The van der Waals surface area contributed by atoms with Gasteiger partial charge in [0.15, 0.2) is 0 Å². The summed E-state index contributed by atoms with van der Waals surface area (Å²) in [6, 6.07) is 7.41. The molecule has 0 unspecified atom stereocenters. The number of benzene rings is 1. The number of rotatable bonds is 3. The summed E-state index contributed by atoms with van der Waals surface area (Å²) >= 11 is 0. The van der Waals surface area contributed by atoms with E-state index in [0.717, 1.165) is 57.8 Å². The molecule has 1 aromatic carbocycles. The molecule has 0 atom stereocenters. The van der Waals surface area contributed by atoms with Gasteiger partial charge in [-0.15, -0.1) is 0 Å². The monoisotopic (exact) mass is 303 g/mol. The van der Waals surface area contributed by atoms with Crippen molar-refractivity contribution in [3.05, 3.63) is 24.3 Å². The molecule has 0 bridgehead atoms. The molecule has 1 aromatic rings. The maximum Gasteiger partial charge on any atom is 0.222 e. The second-order valence-electron chi connectivity index (χ2n) is 6.25. The van der Waals surface area contributed by atoms with Crippen LogP contribution < -0.4 is 10.2 Å². The molecule has 2 N–H and O–H groups in total. The molecule has 0 aliphatic carbocycles. The van der Waals surface area contributed by atoms with Crippen LogP contribution >= 0.6 is 0 Å². The summed E-state index contributed by atoms with van der Waals surface area (Å²) in [5.74, 6) is 1.16. The van der Waals surface area contributed by atoms with Crippen LogP contribution in [0.2, 0.25) is 0 Å². The van der Waals surface area contributed by atoms with Crippen molar-refractivity contribution in [2.75, 3.05) is 44.2 Å². The van der Waals surface area contributed by atoms with Gasteiger partial charge in [-0.3, -0.25) is 4.79 Å². The lowest BCUT2D eigenvalue weighted by Gasteiger charge is -2.37. The van der Waals surface area contributed by atoms with Crippen LogP contribution in [0.4, 0.5) is 5.69 Å². The van der Waals surface area contributed by atoms with E-state index in [4.69, 9.17) is 0 Å². The van der Waals surface area contributed by atoms with E-state index in [1.807, 2.05) is 23.1 Å². The Bertz CT molecular complexity index is 506. The Morgan fingerprint density at radius 3 is 2.50 bits per heavy atom. The van der Waals surface area contributed by atoms with Crippen LogP contribution in [-0.4, -0.2) is 55.2 Å². The van der Waals surface area contributed by atoms with E-state index < -0.39 is 0 Å². The molecule has 2 aliphatic heterocycles. The lowest BCUT2D eigenvalue weighted by atomic mass is 9.94. The average molecular weight is 303 g/mol. The van der Waals surface area contributed by atoms with Gasteiger partial charge >= 0.3 is 0 Å². The third-order valence-electron chi connectivity index (χ3n) is 4.78. The molecule has 0 saturated carbocycles. The van der Waals surface area contributed by atoms with E-state index in [1.165, 1.54) is 0 Å². The molecule has 1 amide bonds. The first-order chi connectivity index (χ1) is 10.7. The number of piperazine rings is 1. The van der Waals surface area contributed by atoms with Gasteiger partial charge < -0.3 is 20.2 Å². The largest absolute Gasteiger partial charge is 0.506 e. The Morgan fingerprint density at radius 1 is 1.14 bits per heavy atom. The Morgan fingerprint density at radius 2 is 1.82 bits per heavy atom. The molecule has 5 nitrogen and oxygen atoms in total. The van der Waals surface area contributed by atoms with Crippen LogP contribution in [0.1, 0.15) is 19.3 Å². The summed E-state index contributed by atoms with van der Waals surface area (Å²) in [6.07, 6.45) is 2.92. The van der Waals surface area contributed by atoms with Crippen molar-refractivity contribution in [2.45, 2.75) is 19.3 Å². The average Bonchev–Trinajstić information content (AvgIpc) is 2.56. The van der Waals surface area contributed by atoms with Crippen LogP contribution in [-0.2, 0) is 4.79 Å². The fourth-order valence-corrected chi connectivity index (χ4v) is 3.39. The zero-order valence-electron chi connectivity index (χ0n) is 13.0. The molecular weight excluding hydrogens is 278 g/mol. The van der Waals surface area contributed by atoms with Crippen LogP contribution in [0.3, 0.4) is 0 Å². The van der Waals surface area contributed by atoms with Crippen molar-refractivity contribution in [3.8, 4) is 5.75 Å². The number of amides is 1. The molecule has 22 heavy (non-hydrogen) atoms. The minimum Gasteiger partial charge on any atom is -0.506 e. The predicted octanol–water partition coefficient (Wildman–Crippen LogP) is 1.43. The third kappa shape index (κ3) is 3.53. The van der Waals surface area contributed by atoms with Gasteiger partial charge in [0.25, 0.3) is 0 Å². The van der Waals surface area contributed by atoms with Crippen LogP contribution in [0.5, 0.6) is 5.75 Å². The van der Waals surface area contributed by atoms with E-state index in [-0.39, 0.29) is 0 Å². The first-order valence-electron chi connectivity index (χ1n) is 8.25. The van der Waals surface area contributed by atoms with Gasteiger partial charge in [0.1, 0.15) is 5.75 Å². The van der Waals surface area contributed by atoms with E-state index in [1.54, 1.807) is 6.07 Å². The Balaban J connectivity index is 1.51. The van der Waals surface area contributed by atoms with E-state index in [9.17, 15) is 9.90 Å². The van der Waals surface area contributed by atoms with Crippen LogP contribution in [0, 0.1) is 5.92 Å². The second kappa shape index (κ2) is 7.01. The number of hydrogen-bond acceptors (Lipinski definition) is 4. The lowest BCUT2D eigenvalue weighted by Crippen LogP contribution is -2.49. The Hall–Kier alpha value is -1.75. The predicted molar refractivity (Wildman–Crippen MR) is 87.1 cm³/mol. The number of phenolic OH excluding ortho intramolecular Hbond substituents is 1. The normalized spacial score (nSPS) is 20.2. The zero-order valence-corrected chi connectivity index (χ0v) is 13.0. The van der Waals surface area contributed by atoms with Crippen molar-refractivity contribution in [2.24, 2.45) is 5.92 Å². The highest BCUT2D eigenvalue weighted by Crippen LogP contribution is 2.27. The summed E-state index contributed by atoms with van der Waals surface area (Å²) in [7, 11) is 0. The highest BCUT2D eigenvalue weighted by atomic mass is 16.3. The van der Waals surface area contributed by atoms with Crippen molar-refractivity contribution in [3.63, 3.8) is 0 Å². The fraction of sp³-hybridized carbons (Fsp3) is 0.588. The van der Waals surface area contributed by atoms with Gasteiger partial charge in [0.05, 0.1) is 5.69 Å². The Labute approximate surface area is 131 Å². The van der Waals surface area contributed by atoms with E-state index >= 15 is 0 Å². The first kappa shape index (κ1) is 15.2. The number of phenols is 1. The molecule has 2 heterocycles. The van der Waals surface area contributed by atoms with Gasteiger partial charge in [0, 0.05) is 32.6 Å². The van der Waals surface area contributed by atoms with Crippen molar-refractivity contribution >= 4 is 11.6 Å². The number of para-hydroxylation sites is 2. The number of piperidine rings is 1. The minimum absolute atomic E-state index is 0.295. The second-order valence-corrected chi connectivity index (χ2v) is 6.25. The SMILES string of the molecule is O=C(CC1CCNCC1)N1CCN(c2ccccc2O)CC1. The summed E-state index contributed by atoms with van der Waals surface area (Å²) in [4.78, 5) is 16.6. The van der Waals surface area contributed by atoms with Crippen LogP contribution in [0.25, 0.3) is 0 Å². The third-order valence-corrected chi connectivity index (χ3v) is 4.78. The van der Waals surface area contributed by atoms with Gasteiger partial charge in [-0.2, -0.15) is 0 Å². The maximum atomic E-state index is 12.4. The summed E-state index contributed by atoms with van der Waals surface area (Å²) < 4.78 is 0. The molecular formula is C17H25N3O2. The number of nitrogens with one attached hydrogen (secondary N) is 1. The molecule has 0 radical (unpaired) electrons. The number of carbonyl (C=O) groups is 1. The lowest BCUT2D eigenvalue weighted by molar-refractivity contribution is -0.132. The number of hydrogen-bond donors (Lipinski definition) is 2. The molecule has 120 valence electrons.